The van der Waals surface area contributed by atoms with Crippen molar-refractivity contribution in [2.24, 2.45) is 5.92 Å². The molecule has 1 heterocycles. The number of benzene rings is 2. The minimum Gasteiger partial charge on any atom is -0.480 e. The van der Waals surface area contributed by atoms with Crippen LogP contribution in [0.5, 0.6) is 0 Å². The van der Waals surface area contributed by atoms with Crippen LogP contribution in [0.1, 0.15) is 42.7 Å². The summed E-state index contributed by atoms with van der Waals surface area (Å²) in [6.07, 6.45) is 0.862. The summed E-state index contributed by atoms with van der Waals surface area (Å²) in [5.41, 5.74) is 6.82. The van der Waals surface area contributed by atoms with E-state index >= 15 is 0 Å². The quantitative estimate of drug-likeness (QED) is 0.625. The number of hydrogen-bond donors (Lipinski definition) is 3. The van der Waals surface area contributed by atoms with Crippen molar-refractivity contribution < 1.29 is 29.0 Å². The van der Waals surface area contributed by atoms with E-state index in [0.29, 0.717) is 19.3 Å². The maximum Gasteiger partial charge on any atom is 0.407 e. The normalized spacial score (nSPS) is 23.2. The van der Waals surface area contributed by atoms with Crippen molar-refractivity contribution in [2.45, 2.75) is 43.7 Å². The second-order valence-electron chi connectivity index (χ2n) is 8.92. The standard InChI is InChI=1S/C25H25N3O6/c29-22-12-21(24(31)32)28(27-22)23(30)18-10-5-11-20(18)26-25(33)34-13-19-16-8-3-1-6-14(16)15-7-2-4-9-17(15)19/h1-4,6-9,18-21H,5,10-13H2,(H,26,33)(H,27,29)(H,31,32). The van der Waals surface area contributed by atoms with Crippen LogP contribution in [0.4, 0.5) is 4.79 Å². The Hall–Kier alpha value is -3.88. The lowest BCUT2D eigenvalue weighted by molar-refractivity contribution is -0.152. The van der Waals surface area contributed by atoms with Gasteiger partial charge in [-0.15, -0.1) is 0 Å². The first kappa shape index (κ1) is 21.9. The Morgan fingerprint density at radius 2 is 1.68 bits per heavy atom. The van der Waals surface area contributed by atoms with Crippen molar-refractivity contribution in [2.75, 3.05) is 6.61 Å². The van der Waals surface area contributed by atoms with Crippen LogP contribution in [0.15, 0.2) is 48.5 Å². The number of nitrogens with zero attached hydrogens (tertiary/aromatic N) is 1. The number of hydrazine groups is 1. The van der Waals surface area contributed by atoms with Crippen LogP contribution in [0.2, 0.25) is 0 Å². The van der Waals surface area contributed by atoms with Gasteiger partial charge in [0.05, 0.1) is 12.3 Å². The van der Waals surface area contributed by atoms with Gasteiger partial charge in [0, 0.05) is 12.0 Å². The summed E-state index contributed by atoms with van der Waals surface area (Å²) < 4.78 is 5.59. The topological polar surface area (TPSA) is 125 Å². The largest absolute Gasteiger partial charge is 0.480 e. The molecule has 0 bridgehead atoms. The number of ether oxygens (including phenoxy) is 1. The molecule has 2 aromatic rings. The molecule has 34 heavy (non-hydrogen) atoms. The highest BCUT2D eigenvalue weighted by Gasteiger charge is 2.45. The molecular formula is C25H25N3O6. The lowest BCUT2D eigenvalue weighted by Crippen LogP contribution is -2.52. The summed E-state index contributed by atoms with van der Waals surface area (Å²) in [7, 11) is 0. The maximum absolute atomic E-state index is 13.0. The molecule has 3 atom stereocenters. The van der Waals surface area contributed by atoms with Gasteiger partial charge < -0.3 is 15.2 Å². The smallest absolute Gasteiger partial charge is 0.407 e. The third kappa shape index (κ3) is 3.87. The predicted molar refractivity (Wildman–Crippen MR) is 120 cm³/mol. The first-order chi connectivity index (χ1) is 16.4. The molecule has 0 spiro atoms. The van der Waals surface area contributed by atoms with Crippen LogP contribution in [0.3, 0.4) is 0 Å². The Balaban J connectivity index is 1.23. The average molecular weight is 463 g/mol. The molecule has 176 valence electrons. The number of carbonyl (C=O) groups excluding carboxylic acids is 3. The number of aliphatic carboxylic acids is 1. The van der Waals surface area contributed by atoms with Gasteiger partial charge in [-0.05, 0) is 35.1 Å². The van der Waals surface area contributed by atoms with Gasteiger partial charge in [-0.1, -0.05) is 55.0 Å². The molecule has 0 aromatic heterocycles. The molecule has 9 nitrogen and oxygen atoms in total. The number of rotatable bonds is 5. The molecule has 1 saturated carbocycles. The highest BCUT2D eigenvalue weighted by atomic mass is 16.5. The molecule has 3 aliphatic rings. The van der Waals surface area contributed by atoms with Gasteiger partial charge >= 0.3 is 12.1 Å². The number of alkyl carbamates (subject to hydrolysis) is 1. The van der Waals surface area contributed by atoms with Crippen LogP contribution in [-0.2, 0) is 19.1 Å². The summed E-state index contributed by atoms with van der Waals surface area (Å²) in [4.78, 5) is 48.8. The second kappa shape index (κ2) is 8.81. The zero-order valence-corrected chi connectivity index (χ0v) is 18.4. The SMILES string of the molecule is O=C1CC(C(=O)O)N(C(=O)C2CCCC2NC(=O)OCC2c3ccccc3-c3ccccc32)N1. The Labute approximate surface area is 196 Å². The molecule has 2 aromatic carbocycles. The number of carboxylic acid groups (broad SMARTS) is 1. The Bertz CT molecular complexity index is 1120. The van der Waals surface area contributed by atoms with E-state index in [1.165, 1.54) is 0 Å². The highest BCUT2D eigenvalue weighted by Crippen LogP contribution is 2.44. The fourth-order valence-corrected chi connectivity index (χ4v) is 5.33. The molecule has 0 radical (unpaired) electrons. The van der Waals surface area contributed by atoms with E-state index in [4.69, 9.17) is 4.74 Å². The van der Waals surface area contributed by atoms with E-state index in [-0.39, 0.29) is 18.9 Å². The monoisotopic (exact) mass is 463 g/mol. The fraction of sp³-hybridized carbons (Fsp3) is 0.360. The van der Waals surface area contributed by atoms with Crippen molar-refractivity contribution in [3.63, 3.8) is 0 Å². The minimum atomic E-state index is -1.24. The van der Waals surface area contributed by atoms with E-state index < -0.39 is 41.9 Å². The zero-order valence-electron chi connectivity index (χ0n) is 18.4. The van der Waals surface area contributed by atoms with Crippen molar-refractivity contribution in [3.8, 4) is 11.1 Å². The number of nitrogens with one attached hydrogen (secondary N) is 2. The third-order valence-electron chi connectivity index (χ3n) is 6.94. The van der Waals surface area contributed by atoms with Crippen molar-refractivity contribution in [3.05, 3.63) is 59.7 Å². The van der Waals surface area contributed by atoms with Gasteiger partial charge in [0.25, 0.3) is 0 Å². The number of fused-ring (bicyclic) bond motifs is 3. The van der Waals surface area contributed by atoms with Crippen molar-refractivity contribution >= 4 is 23.9 Å². The Morgan fingerprint density at radius 3 is 2.32 bits per heavy atom. The van der Waals surface area contributed by atoms with Gasteiger partial charge in [-0.3, -0.25) is 15.0 Å². The first-order valence-electron chi connectivity index (χ1n) is 11.4. The third-order valence-corrected chi connectivity index (χ3v) is 6.94. The summed E-state index contributed by atoms with van der Waals surface area (Å²) in [5.74, 6) is -2.96. The van der Waals surface area contributed by atoms with E-state index in [1.807, 2.05) is 36.4 Å². The second-order valence-corrected chi connectivity index (χ2v) is 8.92. The van der Waals surface area contributed by atoms with Gasteiger partial charge in [-0.25, -0.2) is 14.6 Å². The van der Waals surface area contributed by atoms with E-state index in [2.05, 4.69) is 22.9 Å². The molecule has 1 aliphatic heterocycles. The van der Waals surface area contributed by atoms with Crippen LogP contribution in [0.25, 0.3) is 11.1 Å². The molecule has 1 saturated heterocycles. The highest BCUT2D eigenvalue weighted by molar-refractivity contribution is 5.94. The maximum atomic E-state index is 13.0. The van der Waals surface area contributed by atoms with Gasteiger partial charge in [0.2, 0.25) is 11.8 Å². The van der Waals surface area contributed by atoms with Crippen molar-refractivity contribution in [1.82, 2.24) is 15.8 Å². The van der Waals surface area contributed by atoms with E-state index in [1.54, 1.807) is 0 Å². The van der Waals surface area contributed by atoms with Crippen LogP contribution >= 0.6 is 0 Å². The molecule has 2 fully saturated rings. The molecule has 2 aliphatic carbocycles. The summed E-state index contributed by atoms with van der Waals surface area (Å²) in [6.45, 7) is 0.161. The lowest BCUT2D eigenvalue weighted by Gasteiger charge is -2.27. The number of amides is 3. The van der Waals surface area contributed by atoms with Gasteiger partial charge in [0.15, 0.2) is 6.04 Å². The molecule has 3 N–H and O–H groups in total. The van der Waals surface area contributed by atoms with Crippen LogP contribution in [-0.4, -0.2) is 52.7 Å². The number of carbonyl (C=O) groups is 4. The zero-order chi connectivity index (χ0) is 23.8. The summed E-state index contributed by atoms with van der Waals surface area (Å²) in [5, 5.41) is 13.0. The minimum absolute atomic E-state index is 0.0738. The predicted octanol–water partition coefficient (Wildman–Crippen LogP) is 2.41. The van der Waals surface area contributed by atoms with Crippen LogP contribution < -0.4 is 10.7 Å². The Morgan fingerprint density at radius 1 is 1.03 bits per heavy atom. The van der Waals surface area contributed by atoms with Gasteiger partial charge in [0.1, 0.15) is 6.61 Å². The Kier molecular flexibility index (Phi) is 5.69. The molecule has 3 unspecified atom stereocenters. The molecule has 5 rings (SSSR count). The number of carboxylic acids is 1. The average Bonchev–Trinajstić information content (AvgIpc) is 3.53. The fourth-order valence-electron chi connectivity index (χ4n) is 5.33. The molecular weight excluding hydrogens is 438 g/mol. The van der Waals surface area contributed by atoms with Crippen LogP contribution in [0, 0.1) is 5.92 Å². The summed E-state index contributed by atoms with van der Waals surface area (Å²) in [6, 6.07) is 14.4. The molecule has 9 heteroatoms. The molecule has 3 amide bonds. The van der Waals surface area contributed by atoms with E-state index in [9.17, 15) is 24.3 Å². The van der Waals surface area contributed by atoms with Gasteiger partial charge in [-0.2, -0.15) is 0 Å². The lowest BCUT2D eigenvalue weighted by atomic mass is 9.98. The first-order valence-corrected chi connectivity index (χ1v) is 11.4. The van der Waals surface area contributed by atoms with Crippen molar-refractivity contribution in [1.29, 1.82) is 0 Å². The van der Waals surface area contributed by atoms with E-state index in [0.717, 1.165) is 27.3 Å². The summed E-state index contributed by atoms with van der Waals surface area (Å²) >= 11 is 0. The number of hydrogen-bond acceptors (Lipinski definition) is 5.